The molecule has 1 atom stereocenters. The minimum atomic E-state index is -0.663. The predicted octanol–water partition coefficient (Wildman–Crippen LogP) is 1.88. The fourth-order valence-electron chi connectivity index (χ4n) is 1.75. The van der Waals surface area contributed by atoms with Crippen LogP contribution in [0, 0.1) is 5.92 Å². The van der Waals surface area contributed by atoms with Crippen molar-refractivity contribution in [2.45, 2.75) is 19.9 Å². The zero-order chi connectivity index (χ0) is 16.3. The number of nitrogens with one attached hydrogen (secondary N) is 1. The summed E-state index contributed by atoms with van der Waals surface area (Å²) >= 11 is 5.87. The first-order chi connectivity index (χ1) is 10.4. The standard InChI is InChI=1S/C15H16ClN3O3/c1-8(2)13(17)15(21)19-18-6-9-7-22-12-4-3-10(16)5-11(12)14(9)20/h3-8,13H,17H2,1-2H3,(H,19,21)/b18-6-/t13-/m0/s1. The van der Waals surface area contributed by atoms with Crippen LogP contribution in [0.1, 0.15) is 19.4 Å². The van der Waals surface area contributed by atoms with Gasteiger partial charge in [-0.25, -0.2) is 5.43 Å². The number of fused-ring (bicyclic) bond motifs is 1. The van der Waals surface area contributed by atoms with E-state index in [9.17, 15) is 9.59 Å². The van der Waals surface area contributed by atoms with Crippen molar-refractivity contribution in [2.75, 3.05) is 0 Å². The molecular weight excluding hydrogens is 306 g/mol. The first-order valence-corrected chi connectivity index (χ1v) is 7.07. The smallest absolute Gasteiger partial charge is 0.257 e. The third kappa shape index (κ3) is 3.52. The van der Waals surface area contributed by atoms with E-state index in [0.717, 1.165) is 0 Å². The van der Waals surface area contributed by atoms with Gasteiger partial charge in [0.2, 0.25) is 5.43 Å². The molecule has 7 heteroatoms. The number of benzene rings is 1. The summed E-state index contributed by atoms with van der Waals surface area (Å²) in [5.41, 5.74) is 8.33. The summed E-state index contributed by atoms with van der Waals surface area (Å²) in [6.45, 7) is 3.66. The molecule has 3 N–H and O–H groups in total. The van der Waals surface area contributed by atoms with Gasteiger partial charge in [0.25, 0.3) is 5.91 Å². The van der Waals surface area contributed by atoms with Crippen molar-refractivity contribution in [3.8, 4) is 0 Å². The van der Waals surface area contributed by atoms with Gasteiger partial charge in [-0.05, 0) is 24.1 Å². The third-order valence-electron chi connectivity index (χ3n) is 3.16. The van der Waals surface area contributed by atoms with Crippen molar-refractivity contribution in [3.63, 3.8) is 0 Å². The monoisotopic (exact) mass is 321 g/mol. The molecule has 0 aliphatic carbocycles. The van der Waals surface area contributed by atoms with Gasteiger partial charge in [0.15, 0.2) is 0 Å². The van der Waals surface area contributed by atoms with E-state index in [1.807, 2.05) is 13.8 Å². The van der Waals surface area contributed by atoms with Gasteiger partial charge in [0.1, 0.15) is 11.8 Å². The van der Waals surface area contributed by atoms with Crippen LogP contribution in [-0.2, 0) is 4.79 Å². The summed E-state index contributed by atoms with van der Waals surface area (Å²) in [6, 6.07) is 4.11. The van der Waals surface area contributed by atoms with Crippen LogP contribution >= 0.6 is 11.6 Å². The highest BCUT2D eigenvalue weighted by atomic mass is 35.5. The Balaban J connectivity index is 2.22. The summed E-state index contributed by atoms with van der Waals surface area (Å²) < 4.78 is 5.33. The molecule has 0 saturated heterocycles. The molecule has 0 fully saturated rings. The molecule has 0 bridgehead atoms. The van der Waals surface area contributed by atoms with E-state index in [0.29, 0.717) is 16.0 Å². The molecule has 22 heavy (non-hydrogen) atoms. The van der Waals surface area contributed by atoms with Gasteiger partial charge in [-0.3, -0.25) is 9.59 Å². The van der Waals surface area contributed by atoms with Gasteiger partial charge in [0.05, 0.1) is 23.2 Å². The van der Waals surface area contributed by atoms with E-state index in [-0.39, 0.29) is 16.9 Å². The van der Waals surface area contributed by atoms with Crippen LogP contribution in [0.5, 0.6) is 0 Å². The second-order valence-corrected chi connectivity index (χ2v) is 5.60. The molecule has 6 nitrogen and oxygen atoms in total. The number of halogens is 1. The second kappa shape index (κ2) is 6.72. The molecule has 116 valence electrons. The number of carbonyl (C=O) groups is 1. The third-order valence-corrected chi connectivity index (χ3v) is 3.40. The molecule has 0 saturated carbocycles. The van der Waals surface area contributed by atoms with Crippen molar-refractivity contribution in [1.29, 1.82) is 0 Å². The van der Waals surface area contributed by atoms with Gasteiger partial charge >= 0.3 is 0 Å². The maximum atomic E-state index is 12.3. The quantitative estimate of drug-likeness (QED) is 0.663. The molecule has 2 aromatic rings. The Labute approximate surface area is 131 Å². The van der Waals surface area contributed by atoms with Gasteiger partial charge in [-0.2, -0.15) is 5.10 Å². The Bertz CT molecular complexity index is 783. The Morgan fingerprint density at radius 3 is 2.86 bits per heavy atom. The minimum absolute atomic E-state index is 0.0110. The fraction of sp³-hybridized carbons (Fsp3) is 0.267. The zero-order valence-electron chi connectivity index (χ0n) is 12.2. The highest BCUT2D eigenvalue weighted by molar-refractivity contribution is 6.31. The highest BCUT2D eigenvalue weighted by Crippen LogP contribution is 2.16. The summed E-state index contributed by atoms with van der Waals surface area (Å²) in [4.78, 5) is 23.9. The summed E-state index contributed by atoms with van der Waals surface area (Å²) in [5, 5.41) is 4.52. The van der Waals surface area contributed by atoms with Crippen molar-refractivity contribution >= 4 is 34.7 Å². The van der Waals surface area contributed by atoms with Crippen LogP contribution < -0.4 is 16.6 Å². The number of hydrogen-bond acceptors (Lipinski definition) is 5. The SMILES string of the molecule is CC(C)[C@H](N)C(=O)N/N=C\c1coc2ccc(Cl)cc2c1=O. The lowest BCUT2D eigenvalue weighted by Crippen LogP contribution is -2.42. The van der Waals surface area contributed by atoms with Crippen molar-refractivity contribution in [3.05, 3.63) is 45.3 Å². The molecule has 0 unspecified atom stereocenters. The van der Waals surface area contributed by atoms with Crippen LogP contribution in [-0.4, -0.2) is 18.2 Å². The first-order valence-electron chi connectivity index (χ1n) is 6.69. The van der Waals surface area contributed by atoms with Crippen molar-refractivity contribution in [2.24, 2.45) is 16.8 Å². The summed E-state index contributed by atoms with van der Waals surface area (Å²) in [5.74, 6) is -0.428. The van der Waals surface area contributed by atoms with E-state index in [2.05, 4.69) is 10.5 Å². The van der Waals surface area contributed by atoms with Crippen LogP contribution in [0.2, 0.25) is 5.02 Å². The number of rotatable bonds is 4. The Morgan fingerprint density at radius 2 is 2.18 bits per heavy atom. The molecule has 0 spiro atoms. The fourth-order valence-corrected chi connectivity index (χ4v) is 1.92. The van der Waals surface area contributed by atoms with Crippen molar-refractivity contribution in [1.82, 2.24) is 5.43 Å². The molecule has 0 aliphatic heterocycles. The predicted molar refractivity (Wildman–Crippen MR) is 86.0 cm³/mol. The van der Waals surface area contributed by atoms with Crippen LogP contribution in [0.3, 0.4) is 0 Å². The molecule has 1 amide bonds. The van der Waals surface area contributed by atoms with E-state index in [1.54, 1.807) is 12.1 Å². The van der Waals surface area contributed by atoms with Gasteiger partial charge in [-0.1, -0.05) is 25.4 Å². The lowest BCUT2D eigenvalue weighted by Gasteiger charge is -2.12. The van der Waals surface area contributed by atoms with E-state index < -0.39 is 11.9 Å². The van der Waals surface area contributed by atoms with E-state index in [4.69, 9.17) is 21.8 Å². The summed E-state index contributed by atoms with van der Waals surface area (Å²) in [6.07, 6.45) is 2.49. The van der Waals surface area contributed by atoms with E-state index in [1.165, 1.54) is 18.5 Å². The topological polar surface area (TPSA) is 97.7 Å². The largest absolute Gasteiger partial charge is 0.463 e. The number of carbonyl (C=O) groups excluding carboxylic acids is 1. The number of nitrogens with two attached hydrogens (primary N) is 1. The maximum absolute atomic E-state index is 12.3. The molecule has 1 aromatic carbocycles. The van der Waals surface area contributed by atoms with Gasteiger partial charge in [-0.15, -0.1) is 0 Å². The Morgan fingerprint density at radius 1 is 1.45 bits per heavy atom. The normalized spacial score (nSPS) is 13.0. The maximum Gasteiger partial charge on any atom is 0.257 e. The van der Waals surface area contributed by atoms with Crippen molar-refractivity contribution < 1.29 is 9.21 Å². The average molecular weight is 322 g/mol. The van der Waals surface area contributed by atoms with Crippen LogP contribution in [0.25, 0.3) is 11.0 Å². The Hall–Kier alpha value is -2.18. The lowest BCUT2D eigenvalue weighted by atomic mass is 10.1. The highest BCUT2D eigenvalue weighted by Gasteiger charge is 2.16. The molecule has 1 heterocycles. The molecule has 2 rings (SSSR count). The molecule has 1 aromatic heterocycles. The zero-order valence-corrected chi connectivity index (χ0v) is 12.9. The minimum Gasteiger partial charge on any atom is -0.463 e. The first kappa shape index (κ1) is 16.2. The van der Waals surface area contributed by atoms with Crippen LogP contribution in [0.4, 0.5) is 0 Å². The molecule has 0 aliphatic rings. The molecule has 0 radical (unpaired) electrons. The van der Waals surface area contributed by atoms with Gasteiger partial charge in [0, 0.05) is 5.02 Å². The summed E-state index contributed by atoms with van der Waals surface area (Å²) in [7, 11) is 0. The van der Waals surface area contributed by atoms with E-state index >= 15 is 0 Å². The van der Waals surface area contributed by atoms with Crippen LogP contribution in [0.15, 0.2) is 38.8 Å². The second-order valence-electron chi connectivity index (χ2n) is 5.16. The molecular formula is C15H16ClN3O3. The number of hydrazone groups is 1. The lowest BCUT2D eigenvalue weighted by molar-refractivity contribution is -0.123. The number of amides is 1. The Kier molecular flexibility index (Phi) is 4.95. The van der Waals surface area contributed by atoms with Gasteiger partial charge < -0.3 is 10.2 Å². The number of hydrogen-bond donors (Lipinski definition) is 2. The average Bonchev–Trinajstić information content (AvgIpc) is 2.49. The number of nitrogens with zero attached hydrogens (tertiary/aromatic N) is 1.